The molecule has 2 aliphatic rings. The molecular weight excluding hydrogens is 525 g/mol. The minimum atomic E-state index is -4.33. The van der Waals surface area contributed by atoms with Gasteiger partial charge in [0.1, 0.15) is 17.4 Å². The number of carbonyl (C=O) groups excluding carboxylic acids is 1. The number of Topliss-reactive ketones (excluding diaryl/α,β-unsaturated/α-hetero) is 1. The van der Waals surface area contributed by atoms with Crippen LogP contribution in [0.4, 0.5) is 8.78 Å². The molecule has 4 rings (SSSR count). The third-order valence-electron chi connectivity index (χ3n) is 6.39. The van der Waals surface area contributed by atoms with Crippen molar-refractivity contribution in [3.05, 3.63) is 67.3 Å². The Morgan fingerprint density at radius 1 is 1.00 bits per heavy atom. The molecule has 4 nitrogen and oxygen atoms in total. The van der Waals surface area contributed by atoms with E-state index in [2.05, 4.69) is 0 Å². The predicted molar refractivity (Wildman–Crippen MR) is 103 cm³/mol. The Bertz CT molecular complexity index is 977. The number of fused-ring (bicyclic) bond motifs is 2. The molecule has 0 amide bonds. The zero-order valence-electron chi connectivity index (χ0n) is 16.7. The van der Waals surface area contributed by atoms with Gasteiger partial charge in [-0.25, -0.2) is 17.2 Å². The Kier molecular flexibility index (Phi) is 6.69. The zero-order valence-corrected chi connectivity index (χ0v) is 19.7. The first-order valence-corrected chi connectivity index (χ1v) is 13.3. The van der Waals surface area contributed by atoms with Crippen LogP contribution in [-0.2, 0) is 14.9 Å². The Balaban J connectivity index is 0.000000171. The first-order chi connectivity index (χ1) is 13.9. The first-order valence-electron chi connectivity index (χ1n) is 9.56. The van der Waals surface area contributed by atoms with E-state index in [-0.39, 0.29) is 50.0 Å². The van der Waals surface area contributed by atoms with E-state index in [1.807, 2.05) is 13.8 Å². The zero-order chi connectivity index (χ0) is 22.2. The number of halogens is 3. The Hall–Kier alpha value is -1.39. The van der Waals surface area contributed by atoms with Crippen molar-refractivity contribution >= 4 is 15.9 Å². The summed E-state index contributed by atoms with van der Waals surface area (Å²) in [6, 6.07) is 13.0. The Labute approximate surface area is 186 Å². The molecule has 0 aromatic heterocycles. The maximum absolute atomic E-state index is 12.6. The van der Waals surface area contributed by atoms with Gasteiger partial charge in [0.25, 0.3) is 0 Å². The third kappa shape index (κ3) is 4.91. The maximum atomic E-state index is 12.6. The van der Waals surface area contributed by atoms with Crippen molar-refractivity contribution < 1.29 is 47.8 Å². The van der Waals surface area contributed by atoms with Crippen LogP contribution in [0.2, 0.25) is 0 Å². The van der Waals surface area contributed by atoms with E-state index >= 15 is 0 Å². The van der Waals surface area contributed by atoms with Gasteiger partial charge in [0, 0.05) is 11.8 Å². The standard InChI is InChI=1S/C12H8F2I.C10H16O4S/c13-9-1-5-11(6-2-9)15-12-7-3-10(14)4-8-12;1-9(2)7-3-4-10(9,8(11)5-7)6-15(12,13)14/h1-8H;7H,3-6H2,1-2H3,(H,12,13,14)/q+1;/p-1. The molecule has 0 saturated heterocycles. The third-order valence-corrected chi connectivity index (χ3v) is 9.92. The number of benzene rings is 2. The molecule has 2 unspecified atom stereocenters. The van der Waals surface area contributed by atoms with Crippen LogP contribution in [0.15, 0.2) is 48.5 Å². The van der Waals surface area contributed by atoms with E-state index < -0.39 is 21.3 Å². The van der Waals surface area contributed by atoms with Crippen molar-refractivity contribution in [2.75, 3.05) is 5.75 Å². The van der Waals surface area contributed by atoms with Crippen LogP contribution in [0.3, 0.4) is 0 Å². The van der Waals surface area contributed by atoms with E-state index in [4.69, 9.17) is 0 Å². The lowest BCUT2D eigenvalue weighted by molar-refractivity contribution is -0.597. The fraction of sp³-hybridized carbons (Fsp3) is 0.409. The lowest BCUT2D eigenvalue weighted by atomic mass is 9.70. The maximum Gasteiger partial charge on any atom is 0.357 e. The molecule has 2 aliphatic carbocycles. The van der Waals surface area contributed by atoms with Crippen LogP contribution in [0, 0.1) is 35.5 Å². The van der Waals surface area contributed by atoms with Crippen LogP contribution in [-0.4, -0.2) is 24.5 Å². The van der Waals surface area contributed by atoms with Gasteiger partial charge in [-0.2, -0.15) is 0 Å². The van der Waals surface area contributed by atoms with Gasteiger partial charge in [0.15, 0.2) is 7.14 Å². The summed E-state index contributed by atoms with van der Waals surface area (Å²) in [7, 11) is -4.33. The van der Waals surface area contributed by atoms with Crippen LogP contribution in [0.1, 0.15) is 33.1 Å². The molecule has 2 aromatic rings. The number of hydrogen-bond donors (Lipinski definition) is 0. The molecule has 0 spiro atoms. The summed E-state index contributed by atoms with van der Waals surface area (Å²) in [6.07, 6.45) is 1.88. The van der Waals surface area contributed by atoms with Gasteiger partial charge in [0.05, 0.1) is 15.9 Å². The van der Waals surface area contributed by atoms with Gasteiger partial charge in [-0.15, -0.1) is 0 Å². The van der Waals surface area contributed by atoms with Crippen molar-refractivity contribution in [2.24, 2.45) is 16.7 Å². The lowest BCUT2D eigenvalue weighted by Gasteiger charge is -2.37. The summed E-state index contributed by atoms with van der Waals surface area (Å²) >= 11 is -0.330. The quantitative estimate of drug-likeness (QED) is 0.423. The summed E-state index contributed by atoms with van der Waals surface area (Å²) in [5.41, 5.74) is -1.22. The van der Waals surface area contributed by atoms with Crippen LogP contribution in [0.25, 0.3) is 0 Å². The first kappa shape index (κ1) is 23.3. The SMILES string of the molecule is CC1(C)C2CCC1(CS(=O)(=O)[O-])C(=O)C2.Fc1ccc([I+]c2ccc(F)cc2)cc1. The fourth-order valence-corrected chi connectivity index (χ4v) is 7.96. The van der Waals surface area contributed by atoms with E-state index in [1.165, 1.54) is 24.3 Å². The molecule has 2 aromatic carbocycles. The van der Waals surface area contributed by atoms with Gasteiger partial charge in [-0.1, -0.05) is 13.8 Å². The second-order valence-electron chi connectivity index (χ2n) is 8.34. The summed E-state index contributed by atoms with van der Waals surface area (Å²) in [5.74, 6) is -0.721. The Morgan fingerprint density at radius 2 is 1.47 bits per heavy atom. The number of rotatable bonds is 4. The monoisotopic (exact) mass is 548 g/mol. The second-order valence-corrected chi connectivity index (χ2v) is 12.8. The molecular formula is C22H23F2IO4S. The molecule has 0 aliphatic heterocycles. The number of carbonyl (C=O) groups is 1. The minimum Gasteiger partial charge on any atom is -0.748 e. The highest BCUT2D eigenvalue weighted by atomic mass is 127. The van der Waals surface area contributed by atoms with Crippen LogP contribution < -0.4 is 21.2 Å². The molecule has 2 bridgehead atoms. The van der Waals surface area contributed by atoms with E-state index in [1.54, 1.807) is 24.3 Å². The lowest BCUT2D eigenvalue weighted by Crippen LogP contribution is -3.61. The van der Waals surface area contributed by atoms with E-state index in [0.29, 0.717) is 12.8 Å². The van der Waals surface area contributed by atoms with Gasteiger partial charge < -0.3 is 4.55 Å². The smallest absolute Gasteiger partial charge is 0.357 e. The highest BCUT2D eigenvalue weighted by Gasteiger charge is 2.64. The summed E-state index contributed by atoms with van der Waals surface area (Å²) in [6.45, 7) is 3.83. The molecule has 8 heteroatoms. The van der Waals surface area contributed by atoms with Crippen molar-refractivity contribution in [1.29, 1.82) is 0 Å². The second kappa shape index (κ2) is 8.63. The topological polar surface area (TPSA) is 74.3 Å². The molecule has 0 radical (unpaired) electrons. The van der Waals surface area contributed by atoms with Gasteiger partial charge >= 0.3 is 21.2 Å². The molecule has 2 saturated carbocycles. The molecule has 2 atom stereocenters. The molecule has 2 fully saturated rings. The van der Waals surface area contributed by atoms with Crippen molar-refractivity contribution in [1.82, 2.24) is 0 Å². The predicted octanol–water partition coefficient (Wildman–Crippen LogP) is 1.02. The molecule has 0 N–H and O–H groups in total. The highest BCUT2D eigenvalue weighted by molar-refractivity contribution is 7.85. The molecule has 0 heterocycles. The van der Waals surface area contributed by atoms with Crippen LogP contribution in [0.5, 0.6) is 0 Å². The van der Waals surface area contributed by atoms with Gasteiger partial charge in [-0.3, -0.25) is 4.79 Å². The van der Waals surface area contributed by atoms with E-state index in [9.17, 15) is 26.5 Å². The van der Waals surface area contributed by atoms with E-state index in [0.717, 1.165) is 13.6 Å². The van der Waals surface area contributed by atoms with Crippen molar-refractivity contribution in [3.8, 4) is 0 Å². The number of ketones is 1. The number of hydrogen-bond acceptors (Lipinski definition) is 4. The normalized spacial score (nSPS) is 24.4. The molecule has 162 valence electrons. The average Bonchev–Trinajstić information content (AvgIpc) is 2.99. The van der Waals surface area contributed by atoms with Crippen molar-refractivity contribution in [3.63, 3.8) is 0 Å². The van der Waals surface area contributed by atoms with Gasteiger partial charge in [-0.05, 0) is 72.7 Å². The van der Waals surface area contributed by atoms with Crippen LogP contribution >= 0.6 is 0 Å². The van der Waals surface area contributed by atoms with Crippen molar-refractivity contribution in [2.45, 2.75) is 33.1 Å². The average molecular weight is 548 g/mol. The Morgan fingerprint density at radius 3 is 1.80 bits per heavy atom. The highest BCUT2D eigenvalue weighted by Crippen LogP contribution is 2.64. The van der Waals surface area contributed by atoms with Gasteiger partial charge in [0.2, 0.25) is 0 Å². The summed E-state index contributed by atoms with van der Waals surface area (Å²) in [5, 5.41) is 0. The summed E-state index contributed by atoms with van der Waals surface area (Å²) < 4.78 is 60.2. The largest absolute Gasteiger partial charge is 0.748 e. The fourth-order valence-electron chi connectivity index (χ4n) is 4.52. The molecule has 30 heavy (non-hydrogen) atoms. The minimum absolute atomic E-state index is 0.0248. The summed E-state index contributed by atoms with van der Waals surface area (Å²) in [4.78, 5) is 11.8.